The third-order valence-electron chi connectivity index (χ3n) is 4.08. The summed E-state index contributed by atoms with van der Waals surface area (Å²) >= 11 is 1.26. The van der Waals surface area contributed by atoms with Gasteiger partial charge in [-0.2, -0.15) is 0 Å². The quantitative estimate of drug-likeness (QED) is 0.583. The molecule has 26 heavy (non-hydrogen) atoms. The average Bonchev–Trinajstić information content (AvgIpc) is 2.95. The predicted molar refractivity (Wildman–Crippen MR) is 98.8 cm³/mol. The van der Waals surface area contributed by atoms with Gasteiger partial charge in [-0.05, 0) is 30.5 Å². The van der Waals surface area contributed by atoms with E-state index in [2.05, 4.69) is 29.4 Å². The lowest BCUT2D eigenvalue weighted by molar-refractivity contribution is -0.119. The molecule has 2 aromatic rings. The van der Waals surface area contributed by atoms with E-state index in [0.29, 0.717) is 24.2 Å². The highest BCUT2D eigenvalue weighted by Crippen LogP contribution is 2.34. The van der Waals surface area contributed by atoms with Crippen molar-refractivity contribution in [1.82, 2.24) is 20.2 Å². The molecule has 1 aromatic carbocycles. The predicted octanol–water partition coefficient (Wildman–Crippen LogP) is 1.68. The molecule has 0 saturated carbocycles. The molecule has 3 rings (SSSR count). The number of aryl methyl sites for hydroxylation is 1. The lowest BCUT2D eigenvalue weighted by Crippen LogP contribution is -2.33. The first-order chi connectivity index (χ1) is 12.5. The number of thioether (sulfide) groups is 1. The van der Waals surface area contributed by atoms with Gasteiger partial charge in [-0.1, -0.05) is 31.7 Å². The van der Waals surface area contributed by atoms with Crippen molar-refractivity contribution in [2.24, 2.45) is 5.92 Å². The standard InChI is InChI=1S/C17H23N5O3S/c1-10(2)16(12-4-5-13-14(8-12)25-7-6-24-13)19-15(23)9-26-17-21-20-11(3)22(17)18/h4-5,8,10,16H,6-7,9,18H2,1-3H3,(H,19,23)/t16-/m0/s1. The number of rotatable bonds is 6. The molecule has 3 N–H and O–H groups in total. The van der Waals surface area contributed by atoms with Crippen molar-refractivity contribution in [2.75, 3.05) is 24.8 Å². The Morgan fingerprint density at radius 1 is 1.31 bits per heavy atom. The van der Waals surface area contributed by atoms with E-state index >= 15 is 0 Å². The zero-order chi connectivity index (χ0) is 18.7. The Kier molecular flexibility index (Phi) is 5.55. The summed E-state index contributed by atoms with van der Waals surface area (Å²) in [5, 5.41) is 11.4. The number of nitrogens with one attached hydrogen (secondary N) is 1. The molecule has 0 bridgehead atoms. The highest BCUT2D eigenvalue weighted by Gasteiger charge is 2.22. The second-order valence-electron chi connectivity index (χ2n) is 6.38. The molecule has 8 nitrogen and oxygen atoms in total. The van der Waals surface area contributed by atoms with E-state index in [4.69, 9.17) is 15.3 Å². The Morgan fingerprint density at radius 3 is 2.69 bits per heavy atom. The number of nitrogens with two attached hydrogens (primary N) is 1. The van der Waals surface area contributed by atoms with E-state index in [9.17, 15) is 4.79 Å². The topological polar surface area (TPSA) is 104 Å². The van der Waals surface area contributed by atoms with Crippen LogP contribution in [0.3, 0.4) is 0 Å². The molecule has 0 aliphatic carbocycles. The highest BCUT2D eigenvalue weighted by molar-refractivity contribution is 7.99. The maximum Gasteiger partial charge on any atom is 0.230 e. The van der Waals surface area contributed by atoms with Crippen molar-refractivity contribution in [3.63, 3.8) is 0 Å². The van der Waals surface area contributed by atoms with Crippen LogP contribution in [0.25, 0.3) is 0 Å². The highest BCUT2D eigenvalue weighted by atomic mass is 32.2. The molecule has 1 aromatic heterocycles. The van der Waals surface area contributed by atoms with Gasteiger partial charge in [0, 0.05) is 0 Å². The fourth-order valence-corrected chi connectivity index (χ4v) is 3.40. The minimum atomic E-state index is -0.128. The molecule has 1 atom stereocenters. The van der Waals surface area contributed by atoms with Crippen LogP contribution in [0.5, 0.6) is 11.5 Å². The van der Waals surface area contributed by atoms with Gasteiger partial charge in [0.15, 0.2) is 11.5 Å². The molecular weight excluding hydrogens is 354 g/mol. The van der Waals surface area contributed by atoms with Crippen molar-refractivity contribution in [2.45, 2.75) is 32.0 Å². The number of nitrogen functional groups attached to an aromatic ring is 1. The van der Waals surface area contributed by atoms with Crippen LogP contribution < -0.4 is 20.6 Å². The fourth-order valence-electron chi connectivity index (χ4n) is 2.68. The van der Waals surface area contributed by atoms with E-state index in [-0.39, 0.29) is 23.6 Å². The number of nitrogens with zero attached hydrogens (tertiary/aromatic N) is 3. The molecule has 140 valence electrons. The zero-order valence-electron chi connectivity index (χ0n) is 15.1. The van der Waals surface area contributed by atoms with Crippen LogP contribution in [0.1, 0.15) is 31.3 Å². The first kappa shape index (κ1) is 18.4. The molecule has 0 spiro atoms. The third-order valence-corrected chi connectivity index (χ3v) is 5.02. The Balaban J connectivity index is 1.66. The monoisotopic (exact) mass is 377 g/mol. The Hall–Kier alpha value is -2.42. The van der Waals surface area contributed by atoms with Crippen LogP contribution in [0.15, 0.2) is 23.4 Å². The number of carbonyl (C=O) groups excluding carboxylic acids is 1. The second-order valence-corrected chi connectivity index (χ2v) is 7.32. The van der Waals surface area contributed by atoms with Gasteiger partial charge in [-0.15, -0.1) is 10.2 Å². The summed E-state index contributed by atoms with van der Waals surface area (Å²) in [5.74, 6) is 8.20. The second kappa shape index (κ2) is 7.86. The Morgan fingerprint density at radius 2 is 2.04 bits per heavy atom. The van der Waals surface area contributed by atoms with Crippen LogP contribution >= 0.6 is 11.8 Å². The molecular formula is C17H23N5O3S. The number of carbonyl (C=O) groups is 1. The Bertz CT molecular complexity index is 793. The number of amides is 1. The van der Waals surface area contributed by atoms with Gasteiger partial charge in [-0.25, -0.2) is 4.68 Å². The van der Waals surface area contributed by atoms with Crippen LogP contribution in [0, 0.1) is 12.8 Å². The summed E-state index contributed by atoms with van der Waals surface area (Å²) in [6.07, 6.45) is 0. The van der Waals surface area contributed by atoms with Crippen molar-refractivity contribution >= 4 is 17.7 Å². The molecule has 1 aliphatic heterocycles. The summed E-state index contributed by atoms with van der Waals surface area (Å²) in [5.41, 5.74) is 0.987. The number of benzene rings is 1. The summed E-state index contributed by atoms with van der Waals surface area (Å²) in [7, 11) is 0. The lowest BCUT2D eigenvalue weighted by atomic mass is 9.95. The summed E-state index contributed by atoms with van der Waals surface area (Å²) in [6.45, 7) is 6.97. The molecule has 2 heterocycles. The first-order valence-electron chi connectivity index (χ1n) is 8.44. The molecule has 0 unspecified atom stereocenters. The lowest BCUT2D eigenvalue weighted by Gasteiger charge is -2.25. The van der Waals surface area contributed by atoms with Gasteiger partial charge in [-0.3, -0.25) is 4.79 Å². The summed E-state index contributed by atoms with van der Waals surface area (Å²) < 4.78 is 12.6. The van der Waals surface area contributed by atoms with Crippen molar-refractivity contribution in [3.8, 4) is 11.5 Å². The minimum absolute atomic E-state index is 0.0933. The summed E-state index contributed by atoms with van der Waals surface area (Å²) in [4.78, 5) is 12.4. The number of hydrogen-bond acceptors (Lipinski definition) is 7. The van der Waals surface area contributed by atoms with E-state index in [1.807, 2.05) is 18.2 Å². The van der Waals surface area contributed by atoms with Gasteiger partial charge in [0.2, 0.25) is 11.1 Å². The molecule has 0 saturated heterocycles. The van der Waals surface area contributed by atoms with Gasteiger partial charge in [0.05, 0.1) is 11.8 Å². The van der Waals surface area contributed by atoms with Crippen LogP contribution in [-0.4, -0.2) is 39.7 Å². The molecule has 9 heteroatoms. The minimum Gasteiger partial charge on any atom is -0.486 e. The molecule has 1 aliphatic rings. The number of ether oxygens (including phenoxy) is 2. The number of fused-ring (bicyclic) bond motifs is 1. The largest absolute Gasteiger partial charge is 0.486 e. The fraction of sp³-hybridized carbons (Fsp3) is 0.471. The SMILES string of the molecule is Cc1nnc(SCC(=O)N[C@H](c2ccc3c(c2)OCCO3)C(C)C)n1N. The Labute approximate surface area is 156 Å². The third kappa shape index (κ3) is 4.04. The van der Waals surface area contributed by atoms with Gasteiger partial charge < -0.3 is 20.6 Å². The normalized spacial score (nSPS) is 14.3. The first-order valence-corrected chi connectivity index (χ1v) is 9.43. The van der Waals surface area contributed by atoms with E-state index in [1.54, 1.807) is 6.92 Å². The van der Waals surface area contributed by atoms with Crippen molar-refractivity contribution in [1.29, 1.82) is 0 Å². The maximum absolute atomic E-state index is 12.4. The smallest absolute Gasteiger partial charge is 0.230 e. The number of aromatic nitrogens is 3. The van der Waals surface area contributed by atoms with Crippen molar-refractivity contribution in [3.05, 3.63) is 29.6 Å². The number of hydrogen-bond donors (Lipinski definition) is 2. The van der Waals surface area contributed by atoms with E-state index in [0.717, 1.165) is 17.1 Å². The van der Waals surface area contributed by atoms with Crippen LogP contribution in [-0.2, 0) is 4.79 Å². The van der Waals surface area contributed by atoms with Crippen LogP contribution in [0.4, 0.5) is 0 Å². The maximum atomic E-state index is 12.4. The van der Waals surface area contributed by atoms with Crippen molar-refractivity contribution < 1.29 is 14.3 Å². The zero-order valence-corrected chi connectivity index (χ0v) is 15.9. The average molecular weight is 377 g/mol. The van der Waals surface area contributed by atoms with E-state index < -0.39 is 0 Å². The van der Waals surface area contributed by atoms with Gasteiger partial charge >= 0.3 is 0 Å². The summed E-state index contributed by atoms with van der Waals surface area (Å²) in [6, 6.07) is 5.66. The van der Waals surface area contributed by atoms with E-state index in [1.165, 1.54) is 16.4 Å². The molecule has 1 amide bonds. The van der Waals surface area contributed by atoms with Gasteiger partial charge in [0.25, 0.3) is 0 Å². The van der Waals surface area contributed by atoms with Crippen LogP contribution in [0.2, 0.25) is 0 Å². The molecule has 0 radical (unpaired) electrons. The van der Waals surface area contributed by atoms with Gasteiger partial charge in [0.1, 0.15) is 19.0 Å². The molecule has 0 fully saturated rings.